The van der Waals surface area contributed by atoms with Crippen molar-refractivity contribution in [3.05, 3.63) is 53.3 Å². The Bertz CT molecular complexity index is 1830. The summed E-state index contributed by atoms with van der Waals surface area (Å²) in [5.41, 5.74) is 0.867. The van der Waals surface area contributed by atoms with Crippen molar-refractivity contribution in [2.75, 3.05) is 25.6 Å². The molecule has 1 aliphatic carbocycles. The average molecular weight is 849 g/mol. The topological polar surface area (TPSA) is 247 Å². The predicted octanol–water partition coefficient (Wildman–Crippen LogP) is 2.60. The van der Waals surface area contributed by atoms with Gasteiger partial charge in [-0.2, -0.15) is 0 Å². The third kappa shape index (κ3) is 15.8. The van der Waals surface area contributed by atoms with E-state index in [1.807, 2.05) is 26.8 Å². The zero-order chi connectivity index (χ0) is 45.5. The van der Waals surface area contributed by atoms with Gasteiger partial charge in [-0.1, -0.05) is 66.7 Å². The van der Waals surface area contributed by atoms with Crippen molar-refractivity contribution in [1.82, 2.24) is 26.6 Å². The highest BCUT2D eigenvalue weighted by Crippen LogP contribution is 2.29. The van der Waals surface area contributed by atoms with Gasteiger partial charge in [0.25, 0.3) is 0 Å². The molecule has 17 nitrogen and oxygen atoms in total. The minimum Gasteiger partial charge on any atom is -0.481 e. The molecule has 0 bridgehead atoms. The zero-order valence-electron chi connectivity index (χ0n) is 35.5. The molecule has 0 spiro atoms. The van der Waals surface area contributed by atoms with Crippen molar-refractivity contribution >= 4 is 52.9 Å². The fourth-order valence-corrected chi connectivity index (χ4v) is 5.96. The van der Waals surface area contributed by atoms with Crippen LogP contribution >= 0.6 is 0 Å². The molecule has 0 saturated heterocycles. The molecular formula is C41H58F2N6O11. The Balaban J connectivity index is 2.12. The van der Waals surface area contributed by atoms with Gasteiger partial charge in [-0.3, -0.25) is 38.4 Å². The molecule has 5 atom stereocenters. The maximum absolute atomic E-state index is 14.1. The van der Waals surface area contributed by atoms with Gasteiger partial charge in [0.2, 0.25) is 17.7 Å². The summed E-state index contributed by atoms with van der Waals surface area (Å²) in [5, 5.41) is 24.8. The number of aliphatic carboxylic acids is 1. The normalized spacial score (nSPS) is 15.4. The van der Waals surface area contributed by atoms with E-state index in [0.717, 1.165) is 18.7 Å². The van der Waals surface area contributed by atoms with Crippen molar-refractivity contribution in [2.24, 2.45) is 11.8 Å². The molecule has 1 aromatic carbocycles. The second kappa shape index (κ2) is 23.2. The van der Waals surface area contributed by atoms with Crippen molar-refractivity contribution in [3.8, 4) is 0 Å². The third-order valence-electron chi connectivity index (χ3n) is 9.29. The van der Waals surface area contributed by atoms with Gasteiger partial charge in [-0.25, -0.2) is 8.78 Å². The van der Waals surface area contributed by atoms with Gasteiger partial charge < -0.3 is 46.5 Å². The van der Waals surface area contributed by atoms with E-state index < -0.39 is 120 Å². The van der Waals surface area contributed by atoms with E-state index in [0.29, 0.717) is 5.69 Å². The Kier molecular flexibility index (Phi) is 19.5. The van der Waals surface area contributed by atoms with Crippen molar-refractivity contribution in [2.45, 2.75) is 117 Å². The number of esters is 1. The SMILES string of the molecule is COC(=O)C[C@@H](CNC(C(=O)N[C@@H](C)C(=O)NC(CC(=O)O)C(=O)COC1=C(F)CCC=C1F)C(C)C)NC(=O)C(NC(=O)C(=O)Nc1ccccc1C(C)(C)C)C(C)C. The summed E-state index contributed by atoms with van der Waals surface area (Å²) in [7, 11) is 1.14. The number of para-hydroxylation sites is 1. The highest BCUT2D eigenvalue weighted by molar-refractivity contribution is 6.40. The van der Waals surface area contributed by atoms with Crippen LogP contribution in [-0.2, 0) is 53.2 Å². The van der Waals surface area contributed by atoms with Gasteiger partial charge in [0.15, 0.2) is 17.4 Å². The summed E-state index contributed by atoms with van der Waals surface area (Å²) in [5.74, 6) is -11.3. The van der Waals surface area contributed by atoms with Crippen molar-refractivity contribution in [3.63, 3.8) is 0 Å². The van der Waals surface area contributed by atoms with Gasteiger partial charge >= 0.3 is 23.8 Å². The molecule has 19 heteroatoms. The number of hydrogen-bond acceptors (Lipinski definition) is 11. The Hall–Kier alpha value is -5.72. The number of carboxylic acids is 1. The van der Waals surface area contributed by atoms with Crippen LogP contribution in [0.25, 0.3) is 0 Å². The van der Waals surface area contributed by atoms with Crippen LogP contribution in [0.4, 0.5) is 14.5 Å². The van der Waals surface area contributed by atoms with E-state index in [1.165, 1.54) is 6.92 Å². The molecule has 60 heavy (non-hydrogen) atoms. The number of carbonyl (C=O) groups excluding carboxylic acids is 7. The quantitative estimate of drug-likeness (QED) is 0.0697. The van der Waals surface area contributed by atoms with Gasteiger partial charge in [-0.05, 0) is 48.3 Å². The summed E-state index contributed by atoms with van der Waals surface area (Å²) in [6.07, 6.45) is -0.238. The van der Waals surface area contributed by atoms with E-state index >= 15 is 0 Å². The number of halogens is 2. The minimum absolute atomic E-state index is 0.0919. The zero-order valence-corrected chi connectivity index (χ0v) is 35.5. The number of rotatable bonds is 21. The molecule has 1 aromatic rings. The number of hydrogen-bond donors (Lipinski definition) is 7. The van der Waals surface area contributed by atoms with Crippen LogP contribution in [0.5, 0.6) is 0 Å². The second-order valence-corrected chi connectivity index (χ2v) is 16.0. The molecule has 0 heterocycles. The van der Waals surface area contributed by atoms with Gasteiger partial charge in [0.1, 0.15) is 30.6 Å². The number of methoxy groups -OCH3 is 1. The summed E-state index contributed by atoms with van der Waals surface area (Å²) in [4.78, 5) is 103. The first kappa shape index (κ1) is 50.4. The first-order valence-corrected chi connectivity index (χ1v) is 19.5. The fraction of sp³-hybridized carbons (Fsp3) is 0.561. The van der Waals surface area contributed by atoms with Crippen LogP contribution in [0, 0.1) is 11.8 Å². The van der Waals surface area contributed by atoms with E-state index in [2.05, 4.69) is 31.9 Å². The van der Waals surface area contributed by atoms with Gasteiger partial charge in [0, 0.05) is 18.7 Å². The number of carboxylic acid groups (broad SMARTS) is 1. The number of ketones is 1. The Morgan fingerprint density at radius 1 is 0.800 bits per heavy atom. The molecule has 5 amide bonds. The Labute approximate surface area is 348 Å². The van der Waals surface area contributed by atoms with Crippen LogP contribution in [0.15, 0.2) is 47.8 Å². The molecule has 1 aliphatic rings. The molecule has 0 aromatic heterocycles. The summed E-state index contributed by atoms with van der Waals surface area (Å²) < 4.78 is 37.8. The molecule has 2 rings (SSSR count). The van der Waals surface area contributed by atoms with Crippen LogP contribution in [0.3, 0.4) is 0 Å². The van der Waals surface area contributed by atoms with E-state index in [1.54, 1.807) is 45.9 Å². The summed E-state index contributed by atoms with van der Waals surface area (Å²) in [6.45, 7) is 12.6. The number of carbonyl (C=O) groups is 8. The first-order valence-electron chi connectivity index (χ1n) is 19.5. The third-order valence-corrected chi connectivity index (χ3v) is 9.29. The molecule has 0 fully saturated rings. The largest absolute Gasteiger partial charge is 0.481 e. The number of amides is 5. The standard InChI is InChI=1S/C41H58F2N6O11/c1-21(2)33(37(55)45-23(5)36(54)48-29(18-31(51)52)30(50)20-60-35-26(42)14-12-15-27(35)43)44-19-24(17-32(53)59-9)46-38(56)34(22(3)4)49-40(58)39(57)47-28-16-11-10-13-25(28)41(6,7)8/h10-11,13-14,16,21-24,29,33-34,44H,12,15,17-20H2,1-9H3,(H,45,55)(H,46,56)(H,47,57)(H,48,54)(H,49,58)(H,51,52)/t23-,24-,29?,33?,34?/m0/s1. The number of ether oxygens (including phenoxy) is 2. The summed E-state index contributed by atoms with van der Waals surface area (Å²) >= 11 is 0. The number of Topliss-reactive ketones (excluding diaryl/α,β-unsaturated/α-hetero) is 1. The summed E-state index contributed by atoms with van der Waals surface area (Å²) in [6, 6.07) is 0.732. The van der Waals surface area contributed by atoms with E-state index in [-0.39, 0.29) is 31.2 Å². The van der Waals surface area contributed by atoms with Gasteiger partial charge in [-0.15, -0.1) is 0 Å². The number of anilines is 1. The van der Waals surface area contributed by atoms with Crippen molar-refractivity contribution < 1.29 is 61.7 Å². The van der Waals surface area contributed by atoms with Crippen LogP contribution in [-0.4, -0.2) is 103 Å². The van der Waals surface area contributed by atoms with E-state index in [4.69, 9.17) is 9.47 Å². The molecule has 7 N–H and O–H groups in total. The fourth-order valence-electron chi connectivity index (χ4n) is 5.96. The number of benzene rings is 1. The lowest BCUT2D eigenvalue weighted by atomic mass is 9.86. The molecule has 0 radical (unpaired) electrons. The van der Waals surface area contributed by atoms with Gasteiger partial charge in [0.05, 0.1) is 32.0 Å². The predicted molar refractivity (Wildman–Crippen MR) is 215 cm³/mol. The second-order valence-electron chi connectivity index (χ2n) is 16.0. The number of allylic oxidation sites excluding steroid dienone is 3. The van der Waals surface area contributed by atoms with Crippen molar-refractivity contribution in [1.29, 1.82) is 0 Å². The Morgan fingerprint density at radius 3 is 1.98 bits per heavy atom. The monoisotopic (exact) mass is 848 g/mol. The number of nitrogens with one attached hydrogen (secondary N) is 6. The highest BCUT2D eigenvalue weighted by Gasteiger charge is 2.33. The minimum atomic E-state index is -1.67. The smallest absolute Gasteiger partial charge is 0.313 e. The molecule has 3 unspecified atom stereocenters. The van der Waals surface area contributed by atoms with Crippen LogP contribution < -0.4 is 31.9 Å². The molecular weight excluding hydrogens is 790 g/mol. The van der Waals surface area contributed by atoms with Crippen LogP contribution in [0.1, 0.15) is 86.6 Å². The maximum atomic E-state index is 14.1. The maximum Gasteiger partial charge on any atom is 0.313 e. The lowest BCUT2D eigenvalue weighted by Gasteiger charge is -2.28. The lowest BCUT2D eigenvalue weighted by molar-refractivity contribution is -0.142. The molecule has 0 saturated carbocycles. The molecule has 332 valence electrons. The van der Waals surface area contributed by atoms with E-state index in [9.17, 15) is 52.2 Å². The average Bonchev–Trinajstić information content (AvgIpc) is 3.15. The Morgan fingerprint density at radius 2 is 1.42 bits per heavy atom. The molecule has 0 aliphatic heterocycles. The lowest BCUT2D eigenvalue weighted by Crippen LogP contribution is -2.58. The first-order chi connectivity index (χ1) is 28.0. The van der Waals surface area contributed by atoms with Crippen LogP contribution in [0.2, 0.25) is 0 Å². The highest BCUT2D eigenvalue weighted by atomic mass is 19.1.